The van der Waals surface area contributed by atoms with Crippen molar-refractivity contribution in [1.29, 1.82) is 0 Å². The molecule has 3 aromatic rings. The van der Waals surface area contributed by atoms with Crippen LogP contribution in [-0.2, 0) is 10.0 Å². The summed E-state index contributed by atoms with van der Waals surface area (Å²) in [5.41, 5.74) is 2.02. The van der Waals surface area contributed by atoms with Gasteiger partial charge in [0.05, 0.1) is 10.8 Å². The molecule has 0 aliphatic carbocycles. The third kappa shape index (κ3) is 3.90. The van der Waals surface area contributed by atoms with E-state index in [0.717, 1.165) is 24.0 Å². The van der Waals surface area contributed by atoms with E-state index >= 15 is 0 Å². The molecule has 0 spiro atoms. The van der Waals surface area contributed by atoms with Crippen molar-refractivity contribution in [2.75, 3.05) is 26.3 Å². The van der Waals surface area contributed by atoms with Crippen molar-refractivity contribution in [1.82, 2.24) is 14.4 Å². The Hall–Kier alpha value is -2.91. The summed E-state index contributed by atoms with van der Waals surface area (Å²) in [6.07, 6.45) is 1.51. The van der Waals surface area contributed by atoms with Gasteiger partial charge in [0.25, 0.3) is 0 Å². The van der Waals surface area contributed by atoms with Crippen LogP contribution >= 0.6 is 0 Å². The molecule has 1 aromatic heterocycles. The first-order chi connectivity index (χ1) is 15.0. The molecule has 2 aromatic carbocycles. The van der Waals surface area contributed by atoms with Gasteiger partial charge < -0.3 is 14.0 Å². The molecule has 31 heavy (non-hydrogen) atoms. The third-order valence-electron chi connectivity index (χ3n) is 5.64. The van der Waals surface area contributed by atoms with Gasteiger partial charge in [0.2, 0.25) is 21.7 Å². The van der Waals surface area contributed by atoms with Crippen LogP contribution < -0.4 is 9.47 Å². The molecule has 1 atom stereocenters. The van der Waals surface area contributed by atoms with Gasteiger partial charge in [-0.3, -0.25) is 0 Å². The Balaban J connectivity index is 1.36. The number of sulfonamides is 1. The fraction of sp³-hybridized carbons (Fsp3) is 0.364. The summed E-state index contributed by atoms with van der Waals surface area (Å²) in [6, 6.07) is 12.6. The van der Waals surface area contributed by atoms with Crippen LogP contribution in [-0.4, -0.2) is 49.2 Å². The first-order valence-corrected chi connectivity index (χ1v) is 11.8. The van der Waals surface area contributed by atoms with E-state index in [1.165, 1.54) is 10.4 Å². The van der Waals surface area contributed by atoms with Gasteiger partial charge in [-0.15, -0.1) is 0 Å². The van der Waals surface area contributed by atoms with Crippen molar-refractivity contribution in [2.24, 2.45) is 0 Å². The average Bonchev–Trinajstić information content (AvgIpc) is 3.30. The Labute approximate surface area is 180 Å². The standard InChI is InChI=1S/C22H23N3O5S/c1-15-4-6-16(7-5-15)21-23-22(30-24-21)17-3-2-10-25(14-17)31(26,27)18-8-9-19-20(13-18)29-12-11-28-19/h4-9,13,17H,2-3,10-12,14H2,1H3/t17-/m0/s1. The summed E-state index contributed by atoms with van der Waals surface area (Å²) in [6.45, 7) is 3.63. The van der Waals surface area contributed by atoms with Gasteiger partial charge >= 0.3 is 0 Å². The SMILES string of the molecule is Cc1ccc(-c2noc([C@H]3CCCN(S(=O)(=O)c4ccc5c(c4)OCCO5)C3)n2)cc1. The number of hydrogen-bond donors (Lipinski definition) is 0. The third-order valence-corrected chi connectivity index (χ3v) is 7.50. The maximum atomic E-state index is 13.3. The fourth-order valence-corrected chi connectivity index (χ4v) is 5.46. The largest absolute Gasteiger partial charge is 0.486 e. The monoisotopic (exact) mass is 441 g/mol. The summed E-state index contributed by atoms with van der Waals surface area (Å²) in [4.78, 5) is 4.74. The highest BCUT2D eigenvalue weighted by Crippen LogP contribution is 2.35. The molecule has 0 bridgehead atoms. The van der Waals surface area contributed by atoms with Crippen LogP contribution in [0.4, 0.5) is 0 Å². The molecule has 8 nitrogen and oxygen atoms in total. The van der Waals surface area contributed by atoms with E-state index in [2.05, 4.69) is 10.1 Å². The van der Waals surface area contributed by atoms with Crippen LogP contribution in [0.15, 0.2) is 51.9 Å². The van der Waals surface area contributed by atoms with Gasteiger partial charge in [0.15, 0.2) is 11.5 Å². The molecule has 0 amide bonds. The van der Waals surface area contributed by atoms with Gasteiger partial charge in [-0.2, -0.15) is 9.29 Å². The molecular formula is C22H23N3O5S. The smallest absolute Gasteiger partial charge is 0.243 e. The molecule has 0 N–H and O–H groups in total. The molecule has 0 unspecified atom stereocenters. The number of aryl methyl sites for hydroxylation is 1. The number of piperidine rings is 1. The van der Waals surface area contributed by atoms with Crippen molar-refractivity contribution in [3.63, 3.8) is 0 Å². The van der Waals surface area contributed by atoms with Gasteiger partial charge in [-0.1, -0.05) is 35.0 Å². The molecule has 0 radical (unpaired) electrons. The highest BCUT2D eigenvalue weighted by Gasteiger charge is 2.34. The lowest BCUT2D eigenvalue weighted by Crippen LogP contribution is -2.39. The van der Waals surface area contributed by atoms with Crippen molar-refractivity contribution in [2.45, 2.75) is 30.6 Å². The normalized spacial score (nSPS) is 19.3. The summed E-state index contributed by atoms with van der Waals surface area (Å²) in [5.74, 6) is 1.86. The zero-order valence-corrected chi connectivity index (χ0v) is 18.0. The summed E-state index contributed by atoms with van der Waals surface area (Å²) < 4.78 is 44.6. The van der Waals surface area contributed by atoms with E-state index in [4.69, 9.17) is 14.0 Å². The van der Waals surface area contributed by atoms with Crippen LogP contribution in [0.5, 0.6) is 11.5 Å². The predicted octanol–water partition coefficient (Wildman–Crippen LogP) is 3.38. The maximum Gasteiger partial charge on any atom is 0.243 e. The lowest BCUT2D eigenvalue weighted by molar-refractivity contribution is 0.171. The fourth-order valence-electron chi connectivity index (χ4n) is 3.92. The van der Waals surface area contributed by atoms with Crippen LogP contribution in [0.1, 0.15) is 30.2 Å². The highest BCUT2D eigenvalue weighted by atomic mass is 32.2. The highest BCUT2D eigenvalue weighted by molar-refractivity contribution is 7.89. The van der Waals surface area contributed by atoms with Gasteiger partial charge in [0.1, 0.15) is 13.2 Å². The zero-order valence-electron chi connectivity index (χ0n) is 17.2. The molecule has 5 rings (SSSR count). The minimum atomic E-state index is -3.68. The topological polar surface area (TPSA) is 94.8 Å². The Morgan fingerprint density at radius 2 is 1.81 bits per heavy atom. The summed E-state index contributed by atoms with van der Waals surface area (Å²) in [7, 11) is -3.68. The van der Waals surface area contributed by atoms with Crippen LogP contribution in [0, 0.1) is 6.92 Å². The zero-order chi connectivity index (χ0) is 21.4. The van der Waals surface area contributed by atoms with Crippen LogP contribution in [0.2, 0.25) is 0 Å². The number of fused-ring (bicyclic) bond motifs is 1. The van der Waals surface area contributed by atoms with Crippen molar-refractivity contribution in [3.8, 4) is 22.9 Å². The quantitative estimate of drug-likeness (QED) is 0.612. The Morgan fingerprint density at radius 3 is 2.61 bits per heavy atom. The van der Waals surface area contributed by atoms with E-state index < -0.39 is 10.0 Å². The van der Waals surface area contributed by atoms with E-state index in [1.807, 2.05) is 31.2 Å². The molecule has 1 saturated heterocycles. The number of ether oxygens (including phenoxy) is 2. The first kappa shape index (κ1) is 20.0. The molecule has 2 aliphatic heterocycles. The van der Waals surface area contributed by atoms with Crippen molar-refractivity contribution >= 4 is 10.0 Å². The second kappa shape index (κ2) is 7.97. The van der Waals surface area contributed by atoms with Crippen LogP contribution in [0.25, 0.3) is 11.4 Å². The van der Waals surface area contributed by atoms with Gasteiger partial charge in [0, 0.05) is 24.7 Å². The first-order valence-electron chi connectivity index (χ1n) is 10.3. The van der Waals surface area contributed by atoms with E-state index in [-0.39, 0.29) is 10.8 Å². The lowest BCUT2D eigenvalue weighted by atomic mass is 10.00. The van der Waals surface area contributed by atoms with Crippen molar-refractivity contribution < 1.29 is 22.4 Å². The lowest BCUT2D eigenvalue weighted by Gasteiger charge is -2.30. The summed E-state index contributed by atoms with van der Waals surface area (Å²) >= 11 is 0. The molecule has 162 valence electrons. The molecule has 1 fully saturated rings. The maximum absolute atomic E-state index is 13.3. The second-order valence-electron chi connectivity index (χ2n) is 7.83. The Bertz CT molecular complexity index is 1190. The number of aromatic nitrogens is 2. The van der Waals surface area contributed by atoms with E-state index in [0.29, 0.717) is 49.5 Å². The van der Waals surface area contributed by atoms with E-state index in [9.17, 15) is 8.42 Å². The van der Waals surface area contributed by atoms with Gasteiger partial charge in [-0.05, 0) is 31.9 Å². The number of nitrogens with zero attached hydrogens (tertiary/aromatic N) is 3. The Kier molecular flexibility index (Phi) is 5.15. The number of rotatable bonds is 4. The molecule has 2 aliphatic rings. The average molecular weight is 442 g/mol. The number of benzene rings is 2. The van der Waals surface area contributed by atoms with Crippen molar-refractivity contribution in [3.05, 3.63) is 53.9 Å². The van der Waals surface area contributed by atoms with Gasteiger partial charge in [-0.25, -0.2) is 8.42 Å². The predicted molar refractivity (Wildman–Crippen MR) is 113 cm³/mol. The minimum absolute atomic E-state index is 0.146. The number of hydrogen-bond acceptors (Lipinski definition) is 7. The second-order valence-corrected chi connectivity index (χ2v) is 9.77. The minimum Gasteiger partial charge on any atom is -0.486 e. The molecule has 3 heterocycles. The summed E-state index contributed by atoms with van der Waals surface area (Å²) in [5, 5.41) is 4.10. The molecular weight excluding hydrogens is 418 g/mol. The van der Waals surface area contributed by atoms with E-state index in [1.54, 1.807) is 12.1 Å². The molecule has 9 heteroatoms. The Morgan fingerprint density at radius 1 is 1.03 bits per heavy atom. The van der Waals surface area contributed by atoms with Crippen LogP contribution in [0.3, 0.4) is 0 Å². The molecule has 0 saturated carbocycles.